The van der Waals surface area contributed by atoms with Crippen molar-refractivity contribution in [3.63, 3.8) is 0 Å². The zero-order chi connectivity index (χ0) is 14.0. The maximum atomic E-state index is 5.55. The Labute approximate surface area is 118 Å². The Morgan fingerprint density at radius 3 is 2.26 bits per heavy atom. The molecule has 0 fully saturated rings. The largest absolute Gasteiger partial charge is 0.389 e. The third-order valence-corrected chi connectivity index (χ3v) is 3.21. The van der Waals surface area contributed by atoms with Crippen LogP contribution >= 0.6 is 12.2 Å². The molecule has 3 N–H and O–H groups in total. The van der Waals surface area contributed by atoms with E-state index in [1.165, 1.54) is 16.7 Å². The number of nitrogens with one attached hydrogen (secondary N) is 1. The van der Waals surface area contributed by atoms with Crippen LogP contribution in [0.15, 0.2) is 30.5 Å². The third kappa shape index (κ3) is 3.09. The normalized spacial score (nSPS) is 10.3. The molecule has 1 aromatic heterocycles. The van der Waals surface area contributed by atoms with Gasteiger partial charge in [0, 0.05) is 17.4 Å². The molecule has 0 saturated carbocycles. The van der Waals surface area contributed by atoms with Crippen molar-refractivity contribution in [1.29, 1.82) is 0 Å². The molecule has 19 heavy (non-hydrogen) atoms. The minimum absolute atomic E-state index is 0.363. The highest BCUT2D eigenvalue weighted by atomic mass is 32.1. The lowest BCUT2D eigenvalue weighted by Gasteiger charge is -2.13. The summed E-state index contributed by atoms with van der Waals surface area (Å²) in [6, 6.07) is 8.06. The van der Waals surface area contributed by atoms with Crippen LogP contribution in [0.1, 0.15) is 22.3 Å². The molecule has 1 heterocycles. The number of aryl methyl sites for hydroxylation is 3. The van der Waals surface area contributed by atoms with Gasteiger partial charge in [0.2, 0.25) is 0 Å². The van der Waals surface area contributed by atoms with Gasteiger partial charge in [-0.1, -0.05) is 29.9 Å². The molecule has 2 aromatic rings. The molecule has 0 atom stereocenters. The maximum Gasteiger partial charge on any atom is 0.130 e. The minimum atomic E-state index is 0.363. The summed E-state index contributed by atoms with van der Waals surface area (Å²) in [5.74, 6) is 0.787. The van der Waals surface area contributed by atoms with E-state index in [0.717, 1.165) is 17.1 Å². The first kappa shape index (κ1) is 13.5. The number of nitrogens with zero attached hydrogens (tertiary/aromatic N) is 1. The van der Waals surface area contributed by atoms with E-state index in [1.807, 2.05) is 12.1 Å². The monoisotopic (exact) mass is 271 g/mol. The number of hydrogen-bond acceptors (Lipinski definition) is 3. The summed E-state index contributed by atoms with van der Waals surface area (Å²) < 4.78 is 0. The number of aromatic nitrogens is 1. The van der Waals surface area contributed by atoms with E-state index in [0.29, 0.717) is 4.99 Å². The molecule has 4 heteroatoms. The van der Waals surface area contributed by atoms with Crippen molar-refractivity contribution in [3.8, 4) is 0 Å². The van der Waals surface area contributed by atoms with Crippen molar-refractivity contribution in [1.82, 2.24) is 4.98 Å². The highest BCUT2D eigenvalue weighted by Crippen LogP contribution is 2.24. The summed E-state index contributed by atoms with van der Waals surface area (Å²) >= 11 is 4.91. The number of nitrogens with two attached hydrogens (primary N) is 1. The molecule has 0 unspecified atom stereocenters. The Bertz CT molecular complexity index is 595. The average Bonchev–Trinajstić information content (AvgIpc) is 2.34. The van der Waals surface area contributed by atoms with Gasteiger partial charge in [0.05, 0.1) is 0 Å². The molecule has 0 amide bonds. The van der Waals surface area contributed by atoms with Gasteiger partial charge in [-0.15, -0.1) is 0 Å². The van der Waals surface area contributed by atoms with Crippen LogP contribution in [0.4, 0.5) is 11.5 Å². The smallest absolute Gasteiger partial charge is 0.130 e. The maximum absolute atomic E-state index is 5.55. The van der Waals surface area contributed by atoms with Gasteiger partial charge < -0.3 is 11.1 Å². The second kappa shape index (κ2) is 5.36. The average molecular weight is 271 g/mol. The van der Waals surface area contributed by atoms with Gasteiger partial charge in [-0.2, -0.15) is 0 Å². The van der Waals surface area contributed by atoms with Crippen LogP contribution in [0.5, 0.6) is 0 Å². The molecule has 0 aliphatic rings. The van der Waals surface area contributed by atoms with E-state index in [2.05, 4.69) is 43.2 Å². The zero-order valence-corrected chi connectivity index (χ0v) is 12.1. The third-order valence-electron chi connectivity index (χ3n) is 2.98. The Hall–Kier alpha value is -1.94. The topological polar surface area (TPSA) is 50.9 Å². The molecule has 3 nitrogen and oxygen atoms in total. The lowest BCUT2D eigenvalue weighted by atomic mass is 10.1. The fraction of sp³-hybridized carbons (Fsp3) is 0.200. The van der Waals surface area contributed by atoms with E-state index in [1.54, 1.807) is 6.20 Å². The second-order valence-electron chi connectivity index (χ2n) is 4.70. The molecule has 0 saturated heterocycles. The van der Waals surface area contributed by atoms with Crippen LogP contribution in [0.3, 0.4) is 0 Å². The molecular weight excluding hydrogens is 254 g/mol. The van der Waals surface area contributed by atoms with Gasteiger partial charge in [-0.3, -0.25) is 0 Å². The van der Waals surface area contributed by atoms with Gasteiger partial charge in [0.1, 0.15) is 10.8 Å². The Balaban J connectivity index is 2.29. The molecule has 0 spiro atoms. The van der Waals surface area contributed by atoms with Crippen LogP contribution in [-0.2, 0) is 0 Å². The first-order valence-electron chi connectivity index (χ1n) is 6.08. The predicted molar refractivity (Wildman–Crippen MR) is 84.1 cm³/mol. The lowest BCUT2D eigenvalue weighted by Crippen LogP contribution is -2.09. The van der Waals surface area contributed by atoms with Crippen molar-refractivity contribution in [2.75, 3.05) is 5.32 Å². The van der Waals surface area contributed by atoms with Gasteiger partial charge >= 0.3 is 0 Å². The molecule has 0 radical (unpaired) electrons. The Morgan fingerprint density at radius 2 is 1.79 bits per heavy atom. The summed E-state index contributed by atoms with van der Waals surface area (Å²) in [5.41, 5.74) is 11.1. The molecule has 0 aliphatic heterocycles. The fourth-order valence-corrected chi connectivity index (χ4v) is 2.24. The number of hydrogen-bond donors (Lipinski definition) is 2. The highest BCUT2D eigenvalue weighted by molar-refractivity contribution is 7.80. The van der Waals surface area contributed by atoms with E-state index >= 15 is 0 Å². The Kier molecular flexibility index (Phi) is 3.81. The van der Waals surface area contributed by atoms with E-state index in [9.17, 15) is 0 Å². The highest BCUT2D eigenvalue weighted by Gasteiger charge is 2.05. The molecule has 0 bridgehead atoms. The van der Waals surface area contributed by atoms with Crippen LogP contribution in [0.25, 0.3) is 0 Å². The van der Waals surface area contributed by atoms with Gasteiger partial charge in [0.15, 0.2) is 0 Å². The van der Waals surface area contributed by atoms with Crippen molar-refractivity contribution < 1.29 is 0 Å². The van der Waals surface area contributed by atoms with Gasteiger partial charge in [-0.25, -0.2) is 4.98 Å². The SMILES string of the molecule is Cc1cc(C)c(Nc2ccc(C(N)=S)cn2)c(C)c1. The quantitative estimate of drug-likeness (QED) is 0.840. The standard InChI is InChI=1S/C15H17N3S/c1-9-6-10(2)14(11(3)7-9)18-13-5-4-12(8-17-13)15(16)19/h4-8H,1-3H3,(H2,16,19)(H,17,18). The molecule has 2 rings (SSSR count). The van der Waals surface area contributed by atoms with Crippen molar-refractivity contribution >= 4 is 28.7 Å². The first-order valence-corrected chi connectivity index (χ1v) is 6.49. The second-order valence-corrected chi connectivity index (χ2v) is 5.13. The summed E-state index contributed by atoms with van der Waals surface area (Å²) in [6.45, 7) is 6.27. The van der Waals surface area contributed by atoms with E-state index in [-0.39, 0.29) is 0 Å². The number of rotatable bonds is 3. The minimum Gasteiger partial charge on any atom is -0.389 e. The number of benzene rings is 1. The number of anilines is 2. The summed E-state index contributed by atoms with van der Waals surface area (Å²) in [6.07, 6.45) is 1.68. The Morgan fingerprint density at radius 1 is 1.16 bits per heavy atom. The number of thiocarbonyl (C=S) groups is 1. The number of pyridine rings is 1. The van der Waals surface area contributed by atoms with Gasteiger partial charge in [0.25, 0.3) is 0 Å². The summed E-state index contributed by atoms with van der Waals surface area (Å²) in [5, 5.41) is 3.34. The van der Waals surface area contributed by atoms with Crippen molar-refractivity contribution in [2.24, 2.45) is 5.73 Å². The zero-order valence-electron chi connectivity index (χ0n) is 11.3. The summed E-state index contributed by atoms with van der Waals surface area (Å²) in [7, 11) is 0. The molecule has 98 valence electrons. The van der Waals surface area contributed by atoms with E-state index in [4.69, 9.17) is 18.0 Å². The van der Waals surface area contributed by atoms with Crippen LogP contribution in [0.2, 0.25) is 0 Å². The van der Waals surface area contributed by atoms with E-state index < -0.39 is 0 Å². The van der Waals surface area contributed by atoms with Crippen molar-refractivity contribution in [3.05, 3.63) is 52.7 Å². The predicted octanol–water partition coefficient (Wildman–Crippen LogP) is 3.38. The van der Waals surface area contributed by atoms with Crippen molar-refractivity contribution in [2.45, 2.75) is 20.8 Å². The van der Waals surface area contributed by atoms with Crippen LogP contribution in [-0.4, -0.2) is 9.97 Å². The lowest BCUT2D eigenvalue weighted by molar-refractivity contribution is 1.26. The summed E-state index contributed by atoms with van der Waals surface area (Å²) in [4.78, 5) is 4.68. The fourth-order valence-electron chi connectivity index (χ4n) is 2.12. The molecule has 0 aliphatic carbocycles. The molecular formula is C15H17N3S. The van der Waals surface area contributed by atoms with Gasteiger partial charge in [-0.05, 0) is 44.0 Å². The van der Waals surface area contributed by atoms with Crippen LogP contribution < -0.4 is 11.1 Å². The van der Waals surface area contributed by atoms with Crippen LogP contribution in [0, 0.1) is 20.8 Å². The molecule has 1 aromatic carbocycles. The first-order chi connectivity index (χ1) is 8.97.